The molecule has 1 N–H and O–H groups in total. The molecule has 0 fully saturated rings. The molecule has 0 saturated carbocycles. The number of rotatable bonds is 7. The quantitative estimate of drug-likeness (QED) is 0.209. The smallest absolute Gasteiger partial charge is 0.361 e. The van der Waals surface area contributed by atoms with Gasteiger partial charge in [-0.2, -0.15) is 5.10 Å². The van der Waals surface area contributed by atoms with E-state index in [1.54, 1.807) is 36.4 Å². The standard InChI is InChI=1S/C31H23FN2O4/c32-24-17-14-21(15-18-24)16-19-25-20-26(34-33-25)30(35)36-27-12-7-13-28-29(27)38-31(37-28,22-8-3-1-4-9-22)23-10-5-2-6-11-23/h1-15,17-18,20H,16,19H2,(H,33,34). The summed E-state index contributed by atoms with van der Waals surface area (Å²) in [6.07, 6.45) is 1.25. The van der Waals surface area contributed by atoms with Crippen LogP contribution in [0, 0.1) is 5.82 Å². The van der Waals surface area contributed by atoms with E-state index in [1.807, 2.05) is 60.7 Å². The highest BCUT2D eigenvalue weighted by molar-refractivity contribution is 5.89. The molecule has 7 heteroatoms. The van der Waals surface area contributed by atoms with Gasteiger partial charge >= 0.3 is 11.8 Å². The molecule has 5 aromatic rings. The van der Waals surface area contributed by atoms with Gasteiger partial charge in [-0.15, -0.1) is 0 Å². The van der Waals surface area contributed by atoms with Gasteiger partial charge in [0.15, 0.2) is 11.5 Å². The van der Waals surface area contributed by atoms with Crippen molar-refractivity contribution in [1.82, 2.24) is 10.2 Å². The van der Waals surface area contributed by atoms with E-state index >= 15 is 0 Å². The number of halogens is 1. The van der Waals surface area contributed by atoms with Crippen molar-refractivity contribution in [2.24, 2.45) is 0 Å². The van der Waals surface area contributed by atoms with E-state index in [0.717, 1.165) is 16.7 Å². The fourth-order valence-electron chi connectivity index (χ4n) is 4.47. The largest absolute Gasteiger partial charge is 0.440 e. The molecule has 6 rings (SSSR count). The summed E-state index contributed by atoms with van der Waals surface area (Å²) in [6.45, 7) is 0. The molecule has 0 saturated heterocycles. The first-order chi connectivity index (χ1) is 18.6. The number of carbonyl (C=O) groups is 1. The number of hydrogen-bond donors (Lipinski definition) is 1. The number of H-pyrrole nitrogens is 1. The number of aromatic nitrogens is 2. The zero-order valence-electron chi connectivity index (χ0n) is 20.3. The maximum absolute atomic E-state index is 13.1. The molecule has 38 heavy (non-hydrogen) atoms. The molecule has 1 aliphatic rings. The predicted molar refractivity (Wildman–Crippen MR) is 139 cm³/mol. The summed E-state index contributed by atoms with van der Waals surface area (Å²) in [4.78, 5) is 13.0. The van der Waals surface area contributed by atoms with Crippen LogP contribution in [0.2, 0.25) is 0 Å². The third kappa shape index (κ3) is 4.50. The first-order valence-electron chi connectivity index (χ1n) is 12.2. The summed E-state index contributed by atoms with van der Waals surface area (Å²) < 4.78 is 31.8. The predicted octanol–water partition coefficient (Wildman–Crippen LogP) is 6.23. The van der Waals surface area contributed by atoms with Crippen molar-refractivity contribution in [3.05, 3.63) is 143 Å². The fraction of sp³-hybridized carbons (Fsp3) is 0.0968. The van der Waals surface area contributed by atoms with Gasteiger partial charge in [0.05, 0.1) is 5.69 Å². The van der Waals surface area contributed by atoms with Crippen molar-refractivity contribution < 1.29 is 23.4 Å². The van der Waals surface area contributed by atoms with Crippen LogP contribution in [0.1, 0.15) is 32.9 Å². The number of nitrogens with one attached hydrogen (secondary N) is 1. The van der Waals surface area contributed by atoms with Gasteiger partial charge in [0.2, 0.25) is 5.75 Å². The van der Waals surface area contributed by atoms with Gasteiger partial charge in [-0.05, 0) is 48.7 Å². The number of para-hydroxylation sites is 1. The molecule has 0 amide bonds. The van der Waals surface area contributed by atoms with Crippen molar-refractivity contribution in [1.29, 1.82) is 0 Å². The molecule has 0 spiro atoms. The minimum atomic E-state index is -1.23. The van der Waals surface area contributed by atoms with Crippen LogP contribution in [0.4, 0.5) is 4.39 Å². The average molecular weight is 507 g/mol. The number of ether oxygens (including phenoxy) is 3. The lowest BCUT2D eigenvalue weighted by atomic mass is 9.97. The summed E-state index contributed by atoms with van der Waals surface area (Å²) >= 11 is 0. The summed E-state index contributed by atoms with van der Waals surface area (Å²) in [7, 11) is 0. The van der Waals surface area contributed by atoms with Crippen molar-refractivity contribution in [2.75, 3.05) is 0 Å². The maximum atomic E-state index is 13.1. The molecule has 188 valence electrons. The van der Waals surface area contributed by atoms with E-state index in [4.69, 9.17) is 14.2 Å². The van der Waals surface area contributed by atoms with E-state index in [0.29, 0.717) is 30.0 Å². The normalized spacial score (nSPS) is 13.3. The molecule has 0 bridgehead atoms. The van der Waals surface area contributed by atoms with Crippen molar-refractivity contribution in [3.8, 4) is 17.2 Å². The van der Waals surface area contributed by atoms with E-state index in [1.165, 1.54) is 12.1 Å². The molecule has 1 aliphatic heterocycles. The lowest BCUT2D eigenvalue weighted by Crippen LogP contribution is -2.36. The second kappa shape index (κ2) is 9.86. The molecular formula is C31H23FN2O4. The number of carbonyl (C=O) groups excluding carboxylic acids is 1. The lowest BCUT2D eigenvalue weighted by molar-refractivity contribution is -0.0467. The van der Waals surface area contributed by atoms with Crippen LogP contribution < -0.4 is 14.2 Å². The van der Waals surface area contributed by atoms with Crippen LogP contribution >= 0.6 is 0 Å². The van der Waals surface area contributed by atoms with Crippen molar-refractivity contribution in [2.45, 2.75) is 18.6 Å². The monoisotopic (exact) mass is 506 g/mol. The zero-order chi connectivity index (χ0) is 26.0. The van der Waals surface area contributed by atoms with Gasteiger partial charge in [0, 0.05) is 11.1 Å². The van der Waals surface area contributed by atoms with E-state index < -0.39 is 11.8 Å². The van der Waals surface area contributed by atoms with Crippen LogP contribution in [0.3, 0.4) is 0 Å². The number of esters is 1. The Bertz CT molecular complexity index is 1530. The van der Waals surface area contributed by atoms with Crippen LogP contribution in [0.25, 0.3) is 0 Å². The minimum Gasteiger partial charge on any atom is -0.440 e. The molecule has 4 aromatic carbocycles. The maximum Gasteiger partial charge on any atom is 0.361 e. The molecule has 6 nitrogen and oxygen atoms in total. The van der Waals surface area contributed by atoms with Gasteiger partial charge in [0.1, 0.15) is 11.5 Å². The second-order valence-electron chi connectivity index (χ2n) is 8.93. The molecule has 0 radical (unpaired) electrons. The Morgan fingerprint density at radius 3 is 2.18 bits per heavy atom. The Morgan fingerprint density at radius 2 is 1.50 bits per heavy atom. The molecule has 0 atom stereocenters. The topological polar surface area (TPSA) is 73.4 Å². The van der Waals surface area contributed by atoms with Gasteiger partial charge < -0.3 is 14.2 Å². The Labute approximate surface area is 218 Å². The Morgan fingerprint density at radius 1 is 0.816 bits per heavy atom. The molecule has 2 heterocycles. The van der Waals surface area contributed by atoms with E-state index in [-0.39, 0.29) is 17.3 Å². The van der Waals surface area contributed by atoms with Crippen LogP contribution in [-0.4, -0.2) is 16.2 Å². The van der Waals surface area contributed by atoms with Gasteiger partial charge in [0.25, 0.3) is 0 Å². The fourth-order valence-corrected chi connectivity index (χ4v) is 4.47. The SMILES string of the molecule is O=C(Oc1cccc2c1OC(c1ccccc1)(c1ccccc1)O2)c1cc(CCc2ccc(F)cc2)n[nH]1. The Balaban J connectivity index is 1.22. The second-order valence-corrected chi connectivity index (χ2v) is 8.93. The van der Waals surface area contributed by atoms with Gasteiger partial charge in [-0.1, -0.05) is 78.9 Å². The van der Waals surface area contributed by atoms with Gasteiger partial charge in [-0.25, -0.2) is 9.18 Å². The van der Waals surface area contributed by atoms with Crippen molar-refractivity contribution in [3.63, 3.8) is 0 Å². The van der Waals surface area contributed by atoms with Gasteiger partial charge in [-0.3, -0.25) is 5.10 Å². The highest BCUT2D eigenvalue weighted by atomic mass is 19.1. The summed E-state index contributed by atoms with van der Waals surface area (Å²) in [5.74, 6) is -1.06. The first-order valence-corrected chi connectivity index (χ1v) is 12.2. The van der Waals surface area contributed by atoms with E-state index in [2.05, 4.69) is 10.2 Å². The van der Waals surface area contributed by atoms with E-state index in [9.17, 15) is 9.18 Å². The molecular weight excluding hydrogens is 483 g/mol. The number of aryl methyl sites for hydroxylation is 2. The summed E-state index contributed by atoms with van der Waals surface area (Å²) in [5, 5.41) is 6.98. The average Bonchev–Trinajstić information content (AvgIpc) is 3.60. The number of nitrogens with zero attached hydrogens (tertiary/aromatic N) is 1. The summed E-state index contributed by atoms with van der Waals surface area (Å²) in [6, 6.07) is 32.4. The third-order valence-electron chi connectivity index (χ3n) is 6.39. The Kier molecular flexibility index (Phi) is 6.09. The molecule has 1 aromatic heterocycles. The Hall–Kier alpha value is -4.91. The highest BCUT2D eigenvalue weighted by Crippen LogP contribution is 2.51. The number of aromatic amines is 1. The molecule has 0 aliphatic carbocycles. The third-order valence-corrected chi connectivity index (χ3v) is 6.39. The number of benzene rings is 4. The zero-order valence-corrected chi connectivity index (χ0v) is 20.3. The van der Waals surface area contributed by atoms with Crippen LogP contribution in [-0.2, 0) is 18.6 Å². The van der Waals surface area contributed by atoms with Crippen molar-refractivity contribution >= 4 is 5.97 Å². The van der Waals surface area contributed by atoms with Crippen LogP contribution in [0.15, 0.2) is 109 Å². The lowest BCUT2D eigenvalue weighted by Gasteiger charge is -2.28. The number of fused-ring (bicyclic) bond motifs is 1. The minimum absolute atomic E-state index is 0.216. The summed E-state index contributed by atoms with van der Waals surface area (Å²) in [5.41, 5.74) is 3.51. The highest BCUT2D eigenvalue weighted by Gasteiger charge is 2.46. The molecule has 0 unspecified atom stereocenters. The number of hydrogen-bond acceptors (Lipinski definition) is 5. The first kappa shape index (κ1) is 23.5. The van der Waals surface area contributed by atoms with Crippen LogP contribution in [0.5, 0.6) is 17.2 Å².